The SMILES string of the molecule is N#Cc1c(-n2c3ccccc3c3ccccc32)c(-c2ccc3ccccc3c2)c(-n2c3ccccc3c3ccccc32)c(C#N)c1-n1c2ccc(-n3c4ccccc4c4ccccc43)cc2c2c3ccccc3ccc21. The fraction of sp³-hybridized carbons (Fsp3) is 0. The second-order valence-electron chi connectivity index (χ2n) is 19.8. The van der Waals surface area contributed by atoms with Gasteiger partial charge in [-0.15, -0.1) is 0 Å². The largest absolute Gasteiger partial charge is 0.309 e. The molecule has 6 heteroatoms. The van der Waals surface area contributed by atoms with Gasteiger partial charge < -0.3 is 18.3 Å². The van der Waals surface area contributed by atoms with E-state index in [2.05, 4.69) is 273 Å². The predicted octanol–water partition coefficient (Wildman–Crippen LogP) is 17.8. The van der Waals surface area contributed by atoms with Crippen LogP contribution >= 0.6 is 0 Å². The van der Waals surface area contributed by atoms with E-state index >= 15 is 0 Å². The third-order valence-corrected chi connectivity index (χ3v) is 16.0. The molecule has 0 N–H and O–H groups in total. The quantitative estimate of drug-likeness (QED) is 0.172. The Morgan fingerprint density at radius 3 is 1.12 bits per heavy atom. The molecular formula is C70H40N6. The van der Waals surface area contributed by atoms with E-state index in [-0.39, 0.29) is 0 Å². The van der Waals surface area contributed by atoms with Crippen LogP contribution in [0.25, 0.3) is 143 Å². The van der Waals surface area contributed by atoms with Crippen LogP contribution in [0.5, 0.6) is 0 Å². The maximum atomic E-state index is 12.5. The van der Waals surface area contributed by atoms with Crippen LogP contribution < -0.4 is 0 Å². The first-order chi connectivity index (χ1) is 37.7. The average Bonchev–Trinajstić information content (AvgIpc) is 4.36. The Labute approximate surface area is 435 Å². The van der Waals surface area contributed by atoms with Gasteiger partial charge in [-0.1, -0.05) is 176 Å². The van der Waals surface area contributed by atoms with Gasteiger partial charge in [-0.25, -0.2) is 0 Å². The zero-order valence-corrected chi connectivity index (χ0v) is 40.8. The van der Waals surface area contributed by atoms with E-state index in [9.17, 15) is 10.5 Å². The summed E-state index contributed by atoms with van der Waals surface area (Å²) < 4.78 is 9.17. The minimum absolute atomic E-state index is 0.383. The molecule has 0 saturated carbocycles. The Balaban J connectivity index is 1.16. The molecule has 16 rings (SSSR count). The number of fused-ring (bicyclic) bond motifs is 15. The average molecular weight is 965 g/mol. The third-order valence-electron chi connectivity index (χ3n) is 16.0. The molecule has 0 aliphatic carbocycles. The first kappa shape index (κ1) is 41.9. The lowest BCUT2D eigenvalue weighted by Crippen LogP contribution is -2.14. The number of hydrogen-bond acceptors (Lipinski definition) is 2. The summed E-state index contributed by atoms with van der Waals surface area (Å²) in [6.07, 6.45) is 0. The van der Waals surface area contributed by atoms with Crippen molar-refractivity contribution in [1.82, 2.24) is 18.3 Å². The topological polar surface area (TPSA) is 67.3 Å². The normalized spacial score (nSPS) is 11.9. The number of aromatic nitrogens is 4. The molecule has 0 fully saturated rings. The van der Waals surface area contributed by atoms with E-state index in [4.69, 9.17) is 0 Å². The highest BCUT2D eigenvalue weighted by Crippen LogP contribution is 2.50. The second kappa shape index (κ2) is 15.9. The number of nitrogens with zero attached hydrogens (tertiary/aromatic N) is 6. The van der Waals surface area contributed by atoms with Crippen LogP contribution in [0.1, 0.15) is 11.1 Å². The molecule has 4 aromatic heterocycles. The summed E-state index contributed by atoms with van der Waals surface area (Å²) in [7, 11) is 0. The molecule has 0 spiro atoms. The first-order valence-electron chi connectivity index (χ1n) is 25.6. The smallest absolute Gasteiger partial charge is 0.104 e. The molecule has 0 saturated heterocycles. The van der Waals surface area contributed by atoms with Gasteiger partial charge in [0.1, 0.15) is 23.3 Å². The maximum Gasteiger partial charge on any atom is 0.104 e. The molecule has 0 amide bonds. The zero-order valence-electron chi connectivity index (χ0n) is 40.8. The summed E-state index contributed by atoms with van der Waals surface area (Å²) in [5, 5.41) is 37.9. The number of benzene rings is 12. The van der Waals surface area contributed by atoms with Crippen LogP contribution in [0.4, 0.5) is 0 Å². The van der Waals surface area contributed by atoms with E-state index in [0.29, 0.717) is 28.2 Å². The monoisotopic (exact) mass is 964 g/mol. The van der Waals surface area contributed by atoms with Gasteiger partial charge in [0.2, 0.25) is 0 Å². The van der Waals surface area contributed by atoms with Gasteiger partial charge in [0.15, 0.2) is 0 Å². The fourth-order valence-corrected chi connectivity index (χ4v) is 12.9. The zero-order chi connectivity index (χ0) is 50.2. The van der Waals surface area contributed by atoms with Crippen LogP contribution in [0.2, 0.25) is 0 Å². The van der Waals surface area contributed by atoms with Crippen molar-refractivity contribution in [2.75, 3.05) is 0 Å². The van der Waals surface area contributed by atoms with E-state index in [1.165, 1.54) is 10.8 Å². The molecule has 76 heavy (non-hydrogen) atoms. The number of hydrogen-bond donors (Lipinski definition) is 0. The predicted molar refractivity (Wildman–Crippen MR) is 314 cm³/mol. The van der Waals surface area contributed by atoms with E-state index in [1.54, 1.807) is 0 Å². The summed E-state index contributed by atoms with van der Waals surface area (Å²) in [6.45, 7) is 0. The van der Waals surface area contributed by atoms with Crippen LogP contribution in [0.15, 0.2) is 243 Å². The van der Waals surface area contributed by atoms with E-state index in [0.717, 1.165) is 115 Å². The van der Waals surface area contributed by atoms with Crippen molar-refractivity contribution in [2.24, 2.45) is 0 Å². The molecule has 0 unspecified atom stereocenters. The molecule has 0 radical (unpaired) electrons. The highest BCUT2D eigenvalue weighted by Gasteiger charge is 2.33. The molecule has 12 aromatic carbocycles. The Hall–Kier alpha value is -10.7. The Bertz CT molecular complexity index is 4960. The molecule has 16 aromatic rings. The molecule has 6 nitrogen and oxygen atoms in total. The van der Waals surface area contributed by atoms with Gasteiger partial charge >= 0.3 is 0 Å². The summed E-state index contributed by atoms with van der Waals surface area (Å²) in [4.78, 5) is 0. The van der Waals surface area contributed by atoms with Crippen molar-refractivity contribution >= 4 is 109 Å². The molecule has 0 aliphatic heterocycles. The summed E-state index contributed by atoms with van der Waals surface area (Å²) in [5.74, 6) is 0. The van der Waals surface area contributed by atoms with Gasteiger partial charge in [-0.2, -0.15) is 10.5 Å². The lowest BCUT2D eigenvalue weighted by molar-refractivity contribution is 1.08. The molecule has 0 aliphatic rings. The molecule has 0 atom stereocenters. The number of rotatable bonds is 5. The van der Waals surface area contributed by atoms with Crippen LogP contribution in [0, 0.1) is 22.7 Å². The maximum absolute atomic E-state index is 12.5. The third kappa shape index (κ3) is 5.67. The number of nitriles is 2. The van der Waals surface area contributed by atoms with Gasteiger partial charge in [0, 0.05) is 54.3 Å². The lowest BCUT2D eigenvalue weighted by Gasteiger charge is -2.26. The van der Waals surface area contributed by atoms with Crippen molar-refractivity contribution in [3.63, 3.8) is 0 Å². The highest BCUT2D eigenvalue weighted by molar-refractivity contribution is 6.23. The number of para-hydroxylation sites is 6. The second-order valence-corrected chi connectivity index (χ2v) is 19.8. The molecular weight excluding hydrogens is 925 g/mol. The van der Waals surface area contributed by atoms with E-state index in [1.807, 2.05) is 0 Å². The Kier molecular flexibility index (Phi) is 8.78. The molecule has 4 heterocycles. The van der Waals surface area contributed by atoms with Gasteiger partial charge in [-0.3, -0.25) is 0 Å². The Morgan fingerprint density at radius 1 is 0.263 bits per heavy atom. The van der Waals surface area contributed by atoms with Crippen molar-refractivity contribution < 1.29 is 0 Å². The first-order valence-corrected chi connectivity index (χ1v) is 25.6. The minimum Gasteiger partial charge on any atom is -0.309 e. The lowest BCUT2D eigenvalue weighted by atomic mass is 9.90. The standard InChI is InChI=1S/C70H40N6/c71-41-56-68(76-64-38-36-47(40-55(64)67-48-20-4-3-18-44(48)35-37-65(67)76)73-58-27-11-5-21-49(58)50-22-6-12-28-59(50)73)57(42-72)70(75-62-31-15-9-25-53(62)54-26-10-16-32-63(54)75)66(46-34-33-43-17-1-2-19-45(43)39-46)69(56)74-60-29-13-7-23-51(60)52-24-8-14-30-61(52)74/h1-40H. The minimum atomic E-state index is 0.383. The summed E-state index contributed by atoms with van der Waals surface area (Å²) in [5.41, 5.74) is 13.2. The molecule has 350 valence electrons. The van der Waals surface area contributed by atoms with Crippen LogP contribution in [0.3, 0.4) is 0 Å². The van der Waals surface area contributed by atoms with Crippen molar-refractivity contribution in [3.05, 3.63) is 254 Å². The highest BCUT2D eigenvalue weighted by atomic mass is 15.1. The van der Waals surface area contributed by atoms with Gasteiger partial charge in [0.05, 0.1) is 61.2 Å². The van der Waals surface area contributed by atoms with Gasteiger partial charge in [-0.05, 0) is 93.8 Å². The van der Waals surface area contributed by atoms with Crippen LogP contribution in [-0.4, -0.2) is 18.3 Å². The van der Waals surface area contributed by atoms with Crippen molar-refractivity contribution in [1.29, 1.82) is 10.5 Å². The van der Waals surface area contributed by atoms with Crippen LogP contribution in [-0.2, 0) is 0 Å². The summed E-state index contributed by atoms with van der Waals surface area (Å²) in [6, 6.07) is 91.4. The van der Waals surface area contributed by atoms with E-state index < -0.39 is 0 Å². The Morgan fingerprint density at radius 2 is 0.632 bits per heavy atom. The summed E-state index contributed by atoms with van der Waals surface area (Å²) >= 11 is 0. The fourth-order valence-electron chi connectivity index (χ4n) is 12.9. The molecule has 0 bridgehead atoms. The van der Waals surface area contributed by atoms with Crippen molar-refractivity contribution in [2.45, 2.75) is 0 Å². The van der Waals surface area contributed by atoms with Crippen molar-refractivity contribution in [3.8, 4) is 46.0 Å². The van der Waals surface area contributed by atoms with Gasteiger partial charge in [0.25, 0.3) is 0 Å².